The molecule has 2 nitrogen and oxygen atoms in total. The normalized spacial score (nSPS) is 35.3. The number of aliphatic hydroxyl groups excluding tert-OH is 1. The molecule has 0 saturated heterocycles. The highest BCUT2D eigenvalue weighted by Crippen LogP contribution is 2.33. The summed E-state index contributed by atoms with van der Waals surface area (Å²) >= 11 is 0. The summed E-state index contributed by atoms with van der Waals surface area (Å²) in [4.78, 5) is 4.12. The molecule has 1 rings (SSSR count). The van der Waals surface area contributed by atoms with Crippen LogP contribution in [0.4, 0.5) is 4.39 Å². The van der Waals surface area contributed by atoms with Crippen molar-refractivity contribution in [1.82, 2.24) is 0 Å². The van der Waals surface area contributed by atoms with Crippen LogP contribution < -0.4 is 0 Å². The number of hydrogen-bond acceptors (Lipinski definition) is 2. The number of alkyl halides is 1. The first-order valence-electron chi connectivity index (χ1n) is 5.77. The molecule has 0 bridgehead atoms. The molecular weight excluding hydrogens is 193 g/mol. The molecule has 1 fully saturated rings. The first-order valence-corrected chi connectivity index (χ1v) is 5.77. The maximum Gasteiger partial charge on any atom is 0.103 e. The molecule has 0 aromatic heterocycles. The monoisotopic (exact) mass is 215 g/mol. The van der Waals surface area contributed by atoms with E-state index in [1.54, 1.807) is 7.05 Å². The van der Waals surface area contributed by atoms with Crippen LogP contribution >= 0.6 is 0 Å². The Balaban J connectivity index is 2.48. The summed E-state index contributed by atoms with van der Waals surface area (Å²) in [7, 11) is 1.79. The quantitative estimate of drug-likeness (QED) is 0.721. The van der Waals surface area contributed by atoms with Crippen LogP contribution in [0.1, 0.15) is 39.5 Å². The van der Waals surface area contributed by atoms with Crippen molar-refractivity contribution in [2.24, 2.45) is 16.8 Å². The maximum absolute atomic E-state index is 13.3. The molecule has 88 valence electrons. The van der Waals surface area contributed by atoms with Crippen LogP contribution in [-0.4, -0.2) is 30.1 Å². The zero-order chi connectivity index (χ0) is 11.4. The van der Waals surface area contributed by atoms with E-state index in [1.165, 1.54) is 0 Å². The Morgan fingerprint density at radius 2 is 2.13 bits per heavy atom. The third kappa shape index (κ3) is 3.90. The van der Waals surface area contributed by atoms with Gasteiger partial charge in [0, 0.05) is 19.2 Å². The standard InChI is InChI=1S/C12H22FNO/c1-8(4-9(2)14-3)10-5-11(13)7-12(15)6-10/h8,10-12,15H,4-7H2,1-3H3/b14-9-. The average molecular weight is 215 g/mol. The molecule has 1 N–H and O–H groups in total. The number of rotatable bonds is 3. The van der Waals surface area contributed by atoms with Gasteiger partial charge >= 0.3 is 0 Å². The van der Waals surface area contributed by atoms with Gasteiger partial charge in [0.1, 0.15) is 6.17 Å². The molecular formula is C12H22FNO. The Hall–Kier alpha value is -0.440. The SMILES string of the molecule is C/N=C(/C)CC(C)C1CC(O)CC(F)C1. The topological polar surface area (TPSA) is 32.6 Å². The van der Waals surface area contributed by atoms with Crippen molar-refractivity contribution in [2.75, 3.05) is 7.05 Å². The first kappa shape index (κ1) is 12.6. The van der Waals surface area contributed by atoms with Gasteiger partial charge in [-0.25, -0.2) is 4.39 Å². The largest absolute Gasteiger partial charge is 0.393 e. The second-order valence-corrected chi connectivity index (χ2v) is 4.86. The molecule has 0 aromatic rings. The highest BCUT2D eigenvalue weighted by atomic mass is 19.1. The van der Waals surface area contributed by atoms with Crippen molar-refractivity contribution in [3.05, 3.63) is 0 Å². The first-order chi connectivity index (χ1) is 7.02. The number of aliphatic hydroxyl groups is 1. The smallest absolute Gasteiger partial charge is 0.103 e. The number of aliphatic imine (C=N–C) groups is 1. The number of hydrogen-bond donors (Lipinski definition) is 1. The predicted molar refractivity (Wildman–Crippen MR) is 61.1 cm³/mol. The van der Waals surface area contributed by atoms with Gasteiger partial charge in [-0.3, -0.25) is 4.99 Å². The summed E-state index contributed by atoms with van der Waals surface area (Å²) in [6.45, 7) is 4.13. The molecule has 0 amide bonds. The molecule has 3 heteroatoms. The minimum atomic E-state index is -0.819. The summed E-state index contributed by atoms with van der Waals surface area (Å²) < 4.78 is 13.3. The van der Waals surface area contributed by atoms with Gasteiger partial charge in [-0.2, -0.15) is 0 Å². The third-order valence-corrected chi connectivity index (χ3v) is 3.47. The van der Waals surface area contributed by atoms with Crippen molar-refractivity contribution in [3.63, 3.8) is 0 Å². The Bertz CT molecular complexity index is 220. The van der Waals surface area contributed by atoms with Crippen molar-refractivity contribution >= 4 is 5.71 Å². The van der Waals surface area contributed by atoms with E-state index in [2.05, 4.69) is 11.9 Å². The van der Waals surface area contributed by atoms with E-state index in [0.717, 1.165) is 18.6 Å². The summed E-state index contributed by atoms with van der Waals surface area (Å²) in [6.07, 6.45) is 1.33. The fraction of sp³-hybridized carbons (Fsp3) is 0.917. The minimum Gasteiger partial charge on any atom is -0.393 e. The minimum absolute atomic E-state index is 0.306. The summed E-state index contributed by atoms with van der Waals surface area (Å²) in [5, 5.41) is 9.52. The van der Waals surface area contributed by atoms with Gasteiger partial charge in [0.25, 0.3) is 0 Å². The van der Waals surface area contributed by atoms with Gasteiger partial charge in [0.05, 0.1) is 6.10 Å². The van der Waals surface area contributed by atoms with Gasteiger partial charge < -0.3 is 5.11 Å². The van der Waals surface area contributed by atoms with E-state index in [9.17, 15) is 9.50 Å². The van der Waals surface area contributed by atoms with Crippen LogP contribution in [0.5, 0.6) is 0 Å². The number of nitrogens with zero attached hydrogens (tertiary/aromatic N) is 1. The van der Waals surface area contributed by atoms with Crippen LogP contribution in [0.25, 0.3) is 0 Å². The molecule has 0 aromatic carbocycles. The Morgan fingerprint density at radius 1 is 1.47 bits per heavy atom. The molecule has 1 saturated carbocycles. The van der Waals surface area contributed by atoms with Crippen LogP contribution in [0.2, 0.25) is 0 Å². The molecule has 0 spiro atoms. The van der Waals surface area contributed by atoms with Crippen LogP contribution in [0.3, 0.4) is 0 Å². The van der Waals surface area contributed by atoms with Crippen molar-refractivity contribution in [3.8, 4) is 0 Å². The lowest BCUT2D eigenvalue weighted by atomic mass is 9.77. The van der Waals surface area contributed by atoms with E-state index < -0.39 is 12.3 Å². The van der Waals surface area contributed by atoms with E-state index in [-0.39, 0.29) is 0 Å². The van der Waals surface area contributed by atoms with Crippen molar-refractivity contribution < 1.29 is 9.50 Å². The lowest BCUT2D eigenvalue weighted by Crippen LogP contribution is -2.31. The Morgan fingerprint density at radius 3 is 2.67 bits per heavy atom. The average Bonchev–Trinajstić information content (AvgIpc) is 2.16. The van der Waals surface area contributed by atoms with Crippen LogP contribution in [0, 0.1) is 11.8 Å². The van der Waals surface area contributed by atoms with E-state index in [0.29, 0.717) is 24.7 Å². The fourth-order valence-corrected chi connectivity index (χ4v) is 2.45. The van der Waals surface area contributed by atoms with Gasteiger partial charge in [-0.1, -0.05) is 6.92 Å². The van der Waals surface area contributed by atoms with Crippen molar-refractivity contribution in [1.29, 1.82) is 0 Å². The lowest BCUT2D eigenvalue weighted by molar-refractivity contribution is 0.0384. The molecule has 1 aliphatic rings. The zero-order valence-corrected chi connectivity index (χ0v) is 9.91. The van der Waals surface area contributed by atoms with Gasteiger partial charge in [0.2, 0.25) is 0 Å². The molecule has 4 atom stereocenters. The second kappa shape index (κ2) is 5.59. The van der Waals surface area contributed by atoms with Crippen LogP contribution in [0.15, 0.2) is 4.99 Å². The maximum atomic E-state index is 13.3. The highest BCUT2D eigenvalue weighted by molar-refractivity contribution is 5.81. The molecule has 1 aliphatic carbocycles. The summed E-state index contributed by atoms with van der Waals surface area (Å²) in [5.41, 5.74) is 1.11. The van der Waals surface area contributed by atoms with E-state index >= 15 is 0 Å². The molecule has 0 aliphatic heterocycles. The zero-order valence-electron chi connectivity index (χ0n) is 9.91. The summed E-state index contributed by atoms with van der Waals surface area (Å²) in [5.74, 6) is 0.724. The lowest BCUT2D eigenvalue weighted by Gasteiger charge is -2.32. The van der Waals surface area contributed by atoms with E-state index in [1.807, 2.05) is 6.92 Å². The second-order valence-electron chi connectivity index (χ2n) is 4.86. The molecule has 15 heavy (non-hydrogen) atoms. The molecule has 0 heterocycles. The fourth-order valence-electron chi connectivity index (χ4n) is 2.45. The third-order valence-electron chi connectivity index (χ3n) is 3.47. The van der Waals surface area contributed by atoms with Gasteiger partial charge in [-0.15, -0.1) is 0 Å². The van der Waals surface area contributed by atoms with Gasteiger partial charge in [0.15, 0.2) is 0 Å². The van der Waals surface area contributed by atoms with Crippen LogP contribution in [-0.2, 0) is 0 Å². The molecule has 4 unspecified atom stereocenters. The van der Waals surface area contributed by atoms with E-state index in [4.69, 9.17) is 0 Å². The van der Waals surface area contributed by atoms with Gasteiger partial charge in [-0.05, 0) is 38.0 Å². The summed E-state index contributed by atoms with van der Waals surface area (Å²) in [6, 6.07) is 0. The van der Waals surface area contributed by atoms with Crippen molar-refractivity contribution in [2.45, 2.75) is 51.8 Å². The predicted octanol–water partition coefficient (Wildman–Crippen LogP) is 2.60. The highest BCUT2D eigenvalue weighted by Gasteiger charge is 2.30. The number of halogens is 1. The molecule has 0 radical (unpaired) electrons. The Labute approximate surface area is 91.6 Å². The Kier molecular flexibility index (Phi) is 4.71.